The van der Waals surface area contributed by atoms with Crippen LogP contribution < -0.4 is 0 Å². The van der Waals surface area contributed by atoms with Gasteiger partial charge in [-0.25, -0.2) is 0 Å². The Morgan fingerprint density at radius 3 is 2.80 bits per heavy atom. The maximum absolute atomic E-state index is 8.34. The maximum Gasteiger partial charge on any atom is 0.0697 e. The third-order valence-corrected chi connectivity index (χ3v) is 1.22. The van der Waals surface area contributed by atoms with Gasteiger partial charge in [0, 0.05) is 6.61 Å². The summed E-state index contributed by atoms with van der Waals surface area (Å²) in [6, 6.07) is 0. The summed E-state index contributed by atoms with van der Waals surface area (Å²) in [7, 11) is 0. The highest BCUT2D eigenvalue weighted by molar-refractivity contribution is 4.59. The summed E-state index contributed by atoms with van der Waals surface area (Å²) in [4.78, 5) is 0. The van der Waals surface area contributed by atoms with Gasteiger partial charge in [-0.1, -0.05) is 13.3 Å². The predicted octanol–water partition coefficient (Wildman–Crippen LogP) is 1.39. The Morgan fingerprint density at radius 2 is 2.20 bits per heavy atom. The van der Waals surface area contributed by atoms with Crippen LogP contribution in [0.5, 0.6) is 0 Å². The van der Waals surface area contributed by atoms with E-state index in [0.29, 0.717) is 6.61 Å². The highest BCUT2D eigenvalue weighted by Crippen LogP contribution is 1.96. The number of rotatable bonds is 7. The summed E-state index contributed by atoms with van der Waals surface area (Å²) in [5.74, 6) is 0. The average Bonchev–Trinajstić information content (AvgIpc) is 1.97. The van der Waals surface area contributed by atoms with Gasteiger partial charge in [0.05, 0.1) is 13.2 Å². The second kappa shape index (κ2) is 8.92. The second-order valence-corrected chi connectivity index (χ2v) is 2.18. The number of hydrogen-bond acceptors (Lipinski definition) is 2. The minimum Gasteiger partial charge on any atom is -0.394 e. The van der Waals surface area contributed by atoms with Crippen molar-refractivity contribution >= 4 is 0 Å². The third kappa shape index (κ3) is 7.92. The van der Waals surface area contributed by atoms with E-state index >= 15 is 0 Å². The molecule has 0 aliphatic rings. The van der Waals surface area contributed by atoms with E-state index in [1.807, 2.05) is 0 Å². The molecule has 10 heavy (non-hydrogen) atoms. The van der Waals surface area contributed by atoms with Gasteiger partial charge in [-0.2, -0.15) is 0 Å². The van der Waals surface area contributed by atoms with Gasteiger partial charge >= 0.3 is 0 Å². The standard InChI is InChI=1S/C8H17O2/c1-2-3-4-5-7-10-8-6-9/h3,9H,2,4-8H2,1H3. The zero-order valence-corrected chi connectivity index (χ0v) is 6.68. The molecule has 0 aromatic rings. The van der Waals surface area contributed by atoms with Crippen molar-refractivity contribution in [3.8, 4) is 0 Å². The van der Waals surface area contributed by atoms with Gasteiger partial charge in [0.25, 0.3) is 0 Å². The van der Waals surface area contributed by atoms with Gasteiger partial charge in [0.1, 0.15) is 0 Å². The normalized spacial score (nSPS) is 10.2. The van der Waals surface area contributed by atoms with Crippen molar-refractivity contribution in [3.63, 3.8) is 0 Å². The largest absolute Gasteiger partial charge is 0.394 e. The molecule has 1 radical (unpaired) electrons. The van der Waals surface area contributed by atoms with Gasteiger partial charge in [0.15, 0.2) is 0 Å². The molecule has 0 rings (SSSR count). The summed E-state index contributed by atoms with van der Waals surface area (Å²) in [6.45, 7) is 3.52. The summed E-state index contributed by atoms with van der Waals surface area (Å²) >= 11 is 0. The monoisotopic (exact) mass is 145 g/mol. The molecule has 0 heterocycles. The van der Waals surface area contributed by atoms with E-state index < -0.39 is 0 Å². The Kier molecular flexibility index (Phi) is 8.85. The van der Waals surface area contributed by atoms with E-state index in [1.165, 1.54) is 0 Å². The first kappa shape index (κ1) is 9.92. The van der Waals surface area contributed by atoms with Crippen molar-refractivity contribution in [1.29, 1.82) is 0 Å². The van der Waals surface area contributed by atoms with Crippen LogP contribution >= 0.6 is 0 Å². The molecule has 0 aliphatic carbocycles. The van der Waals surface area contributed by atoms with Crippen LogP contribution in [-0.2, 0) is 4.74 Å². The van der Waals surface area contributed by atoms with Crippen LogP contribution in [0, 0.1) is 6.42 Å². The number of unbranched alkanes of at least 4 members (excludes halogenated alkanes) is 3. The lowest BCUT2D eigenvalue weighted by Crippen LogP contribution is -2.00. The summed E-state index contributed by atoms with van der Waals surface area (Å²) in [5.41, 5.74) is 0. The molecule has 0 aromatic heterocycles. The van der Waals surface area contributed by atoms with Crippen molar-refractivity contribution in [2.75, 3.05) is 19.8 Å². The first-order valence-electron chi connectivity index (χ1n) is 3.92. The fourth-order valence-electron chi connectivity index (χ4n) is 0.700. The number of aliphatic hydroxyl groups excluding tert-OH is 1. The Balaban J connectivity index is 2.65. The molecule has 0 saturated carbocycles. The van der Waals surface area contributed by atoms with Crippen LogP contribution in [-0.4, -0.2) is 24.9 Å². The molecular formula is C8H17O2. The van der Waals surface area contributed by atoms with Crippen molar-refractivity contribution < 1.29 is 9.84 Å². The molecule has 0 bridgehead atoms. The van der Waals surface area contributed by atoms with Crippen LogP contribution in [0.4, 0.5) is 0 Å². The van der Waals surface area contributed by atoms with Crippen LogP contribution in [0.2, 0.25) is 0 Å². The van der Waals surface area contributed by atoms with E-state index in [2.05, 4.69) is 13.3 Å². The van der Waals surface area contributed by atoms with Crippen LogP contribution in [0.15, 0.2) is 0 Å². The van der Waals surface area contributed by atoms with Crippen molar-refractivity contribution in [3.05, 3.63) is 6.42 Å². The fourth-order valence-corrected chi connectivity index (χ4v) is 0.700. The van der Waals surface area contributed by atoms with Gasteiger partial charge in [-0.15, -0.1) is 0 Å². The molecule has 0 saturated heterocycles. The number of hydrogen-bond donors (Lipinski definition) is 1. The number of ether oxygens (including phenoxy) is 1. The highest BCUT2D eigenvalue weighted by Gasteiger charge is 1.87. The van der Waals surface area contributed by atoms with Crippen molar-refractivity contribution in [1.82, 2.24) is 0 Å². The Hall–Kier alpha value is -0.0800. The molecule has 0 fully saturated rings. The van der Waals surface area contributed by atoms with E-state index in [0.717, 1.165) is 25.9 Å². The zero-order valence-electron chi connectivity index (χ0n) is 6.68. The molecule has 0 amide bonds. The summed E-state index contributed by atoms with van der Waals surface area (Å²) < 4.78 is 5.06. The molecule has 2 heteroatoms. The lowest BCUT2D eigenvalue weighted by molar-refractivity contribution is 0.0907. The SMILES string of the molecule is CC[CH]CCCOCCO. The molecule has 61 valence electrons. The summed E-state index contributed by atoms with van der Waals surface area (Å²) in [5, 5.41) is 8.34. The fraction of sp³-hybridized carbons (Fsp3) is 0.875. The topological polar surface area (TPSA) is 29.5 Å². The molecule has 2 nitrogen and oxygen atoms in total. The zero-order chi connectivity index (χ0) is 7.66. The van der Waals surface area contributed by atoms with E-state index in [-0.39, 0.29) is 6.61 Å². The summed E-state index contributed by atoms with van der Waals surface area (Å²) in [6.07, 6.45) is 5.58. The minimum atomic E-state index is 0.136. The second-order valence-electron chi connectivity index (χ2n) is 2.18. The molecule has 0 unspecified atom stereocenters. The first-order valence-corrected chi connectivity index (χ1v) is 3.92. The molecule has 0 atom stereocenters. The van der Waals surface area contributed by atoms with Gasteiger partial charge in [-0.3, -0.25) is 0 Å². The quantitative estimate of drug-likeness (QED) is 0.548. The minimum absolute atomic E-state index is 0.136. The van der Waals surface area contributed by atoms with Crippen LogP contribution in [0.25, 0.3) is 0 Å². The molecule has 0 spiro atoms. The van der Waals surface area contributed by atoms with Gasteiger partial charge in [0.2, 0.25) is 0 Å². The van der Waals surface area contributed by atoms with Crippen LogP contribution in [0.1, 0.15) is 26.2 Å². The Morgan fingerprint density at radius 1 is 1.40 bits per heavy atom. The van der Waals surface area contributed by atoms with E-state index in [1.54, 1.807) is 0 Å². The van der Waals surface area contributed by atoms with Crippen molar-refractivity contribution in [2.24, 2.45) is 0 Å². The van der Waals surface area contributed by atoms with E-state index in [4.69, 9.17) is 9.84 Å². The Labute approximate surface area is 63.2 Å². The van der Waals surface area contributed by atoms with E-state index in [9.17, 15) is 0 Å². The molecule has 1 N–H and O–H groups in total. The lowest BCUT2D eigenvalue weighted by atomic mass is 10.2. The third-order valence-electron chi connectivity index (χ3n) is 1.22. The molecular weight excluding hydrogens is 128 g/mol. The maximum atomic E-state index is 8.34. The highest BCUT2D eigenvalue weighted by atomic mass is 16.5. The smallest absolute Gasteiger partial charge is 0.0697 e. The van der Waals surface area contributed by atoms with Gasteiger partial charge in [-0.05, 0) is 19.3 Å². The number of aliphatic hydroxyl groups is 1. The van der Waals surface area contributed by atoms with Crippen molar-refractivity contribution in [2.45, 2.75) is 26.2 Å². The first-order chi connectivity index (χ1) is 4.91. The van der Waals surface area contributed by atoms with Gasteiger partial charge < -0.3 is 9.84 Å². The average molecular weight is 145 g/mol. The van der Waals surface area contributed by atoms with Crippen LogP contribution in [0.3, 0.4) is 0 Å². The molecule has 0 aromatic carbocycles. The Bertz CT molecular complexity index is 47.2. The lowest BCUT2D eigenvalue weighted by Gasteiger charge is -1.99. The molecule has 0 aliphatic heterocycles. The predicted molar refractivity (Wildman–Crippen MR) is 41.7 cm³/mol.